The molecule has 0 saturated carbocycles. The van der Waals surface area contributed by atoms with Gasteiger partial charge >= 0.3 is 0 Å². The first kappa shape index (κ1) is 33.1. The number of hydrogen-bond acceptors (Lipinski definition) is 3. The average Bonchev–Trinajstić information content (AvgIpc) is 3.60. The zero-order chi connectivity index (χ0) is 41.9. The van der Waals surface area contributed by atoms with Gasteiger partial charge in [0.15, 0.2) is 0 Å². The van der Waals surface area contributed by atoms with Crippen molar-refractivity contribution in [2.24, 2.45) is 0 Å². The number of phenolic OH excluding ortho intramolecular Hbond substituents is 1. The van der Waals surface area contributed by atoms with Gasteiger partial charge in [0.1, 0.15) is 11.6 Å². The number of hydrogen-bond donors (Lipinski definition) is 1. The number of pyridine rings is 1. The fraction of sp³-hybridized carbons (Fsp3) is 0.192. The number of aromatic hydroxyl groups is 1. The highest BCUT2D eigenvalue weighted by Gasteiger charge is 2.27. The number of aromatic nitrogens is 3. The minimum Gasteiger partial charge on any atom is -0.507 e. The quantitative estimate of drug-likeness (QED) is 0.185. The molecule has 4 heteroatoms. The Hall–Kier alpha value is -6.26. The van der Waals surface area contributed by atoms with E-state index in [0.717, 1.165) is 78.0 Å². The maximum absolute atomic E-state index is 12.2. The third kappa shape index (κ3) is 6.92. The SMILES string of the molecule is [2H]C([2H])([2H])c1ccc(-n2c(-c3cc(C)cc(C(C)(C)C)c3O)nc3c(-c4cc(-c5cc(-c6ccccc6)ccn5)cc(C(C)(C)C)c4)cccc32)c(-c2ccccc2)c1. The second-order valence-corrected chi connectivity index (χ2v) is 16.8. The first-order valence-electron chi connectivity index (χ1n) is 20.7. The van der Waals surface area contributed by atoms with E-state index in [4.69, 9.17) is 14.1 Å². The number of nitrogens with zero attached hydrogens (tertiary/aromatic N) is 3. The maximum atomic E-state index is 12.2. The Morgan fingerprint density at radius 1 is 0.571 bits per heavy atom. The molecule has 0 fully saturated rings. The van der Waals surface area contributed by atoms with E-state index in [0.29, 0.717) is 11.4 Å². The van der Waals surface area contributed by atoms with Crippen molar-refractivity contribution in [2.75, 3.05) is 0 Å². The molecule has 56 heavy (non-hydrogen) atoms. The summed E-state index contributed by atoms with van der Waals surface area (Å²) in [5, 5.41) is 12.2. The molecule has 8 aromatic rings. The Kier molecular flexibility index (Phi) is 8.34. The van der Waals surface area contributed by atoms with E-state index >= 15 is 0 Å². The largest absolute Gasteiger partial charge is 0.507 e. The molecule has 0 atom stereocenters. The molecule has 0 aliphatic heterocycles. The van der Waals surface area contributed by atoms with Gasteiger partial charge in [0.05, 0.1) is 28.0 Å². The lowest BCUT2D eigenvalue weighted by Crippen LogP contribution is -2.12. The monoisotopic (exact) mass is 734 g/mol. The van der Waals surface area contributed by atoms with Crippen molar-refractivity contribution >= 4 is 11.0 Å². The first-order valence-corrected chi connectivity index (χ1v) is 19.2. The van der Waals surface area contributed by atoms with Crippen LogP contribution in [0.1, 0.15) is 67.9 Å². The van der Waals surface area contributed by atoms with Crippen LogP contribution in [0, 0.1) is 13.8 Å². The van der Waals surface area contributed by atoms with Crippen LogP contribution < -0.4 is 0 Å². The number of imidazole rings is 1. The molecule has 8 rings (SSSR count). The second kappa shape index (κ2) is 14.1. The molecule has 0 aliphatic rings. The minimum absolute atomic E-state index is 0.169. The third-order valence-electron chi connectivity index (χ3n) is 10.6. The van der Waals surface area contributed by atoms with E-state index < -0.39 is 6.85 Å². The summed E-state index contributed by atoms with van der Waals surface area (Å²) in [5.74, 6) is 0.727. The third-order valence-corrected chi connectivity index (χ3v) is 10.6. The lowest BCUT2D eigenvalue weighted by atomic mass is 9.83. The fourth-order valence-electron chi connectivity index (χ4n) is 7.62. The lowest BCUT2D eigenvalue weighted by Gasteiger charge is -2.23. The van der Waals surface area contributed by atoms with Gasteiger partial charge in [0.25, 0.3) is 0 Å². The van der Waals surface area contributed by atoms with Gasteiger partial charge in [-0.1, -0.05) is 138 Å². The van der Waals surface area contributed by atoms with E-state index in [2.05, 4.69) is 94.6 Å². The van der Waals surface area contributed by atoms with Crippen LogP contribution in [0.4, 0.5) is 0 Å². The van der Waals surface area contributed by atoms with E-state index in [1.54, 1.807) is 12.1 Å². The number of para-hydroxylation sites is 1. The summed E-state index contributed by atoms with van der Waals surface area (Å²) in [4.78, 5) is 10.4. The van der Waals surface area contributed by atoms with Crippen LogP contribution >= 0.6 is 0 Å². The standard InChI is InChI=1S/C52H49N3O/c1-33-22-23-46(42(26-33)36-18-13-10-14-19-36)55-47-21-15-20-41(48(47)54-50(55)43-27-34(2)28-44(49(43)56)52(6,7)8)38-29-39(31-40(30-38)51(3,4)5)45-32-37(24-25-53-45)35-16-11-9-12-17-35/h9-32,56H,1-8H3/i1D3. The topological polar surface area (TPSA) is 50.9 Å². The highest BCUT2D eigenvalue weighted by molar-refractivity contribution is 5.98. The van der Waals surface area contributed by atoms with Gasteiger partial charge in [-0.15, -0.1) is 0 Å². The zero-order valence-electron chi connectivity index (χ0n) is 36.1. The molecule has 4 nitrogen and oxygen atoms in total. The van der Waals surface area contributed by atoms with Crippen LogP contribution in [0.5, 0.6) is 5.75 Å². The predicted octanol–water partition coefficient (Wildman–Crippen LogP) is 13.7. The molecule has 0 unspecified atom stereocenters. The summed E-state index contributed by atoms with van der Waals surface area (Å²) in [7, 11) is 0. The van der Waals surface area contributed by atoms with Crippen LogP contribution in [-0.4, -0.2) is 19.6 Å². The Bertz CT molecular complexity index is 2840. The normalized spacial score (nSPS) is 13.0. The van der Waals surface area contributed by atoms with Gasteiger partial charge in [-0.25, -0.2) is 4.98 Å². The molecular weight excluding hydrogens is 683 g/mol. The van der Waals surface area contributed by atoms with Gasteiger partial charge in [-0.05, 0) is 107 Å². The number of rotatable bonds is 6. The first-order chi connectivity index (χ1) is 28.0. The molecule has 0 spiro atoms. The van der Waals surface area contributed by atoms with Gasteiger partial charge in [0.2, 0.25) is 0 Å². The molecule has 2 heterocycles. The molecule has 0 radical (unpaired) electrons. The summed E-state index contributed by atoms with van der Waals surface area (Å²) in [5.41, 5.74) is 13.3. The van der Waals surface area contributed by atoms with E-state index in [1.807, 2.05) is 92.0 Å². The zero-order valence-corrected chi connectivity index (χ0v) is 33.1. The van der Waals surface area contributed by atoms with Gasteiger partial charge in [0, 0.05) is 32.6 Å². The van der Waals surface area contributed by atoms with Crippen LogP contribution in [0.15, 0.2) is 146 Å². The highest BCUT2D eigenvalue weighted by atomic mass is 16.3. The average molecular weight is 735 g/mol. The maximum Gasteiger partial charge on any atom is 0.149 e. The Balaban J connectivity index is 1.44. The Morgan fingerprint density at radius 3 is 1.96 bits per heavy atom. The van der Waals surface area contributed by atoms with Crippen molar-refractivity contribution in [1.29, 1.82) is 0 Å². The minimum atomic E-state index is -2.31. The molecule has 0 saturated heterocycles. The van der Waals surface area contributed by atoms with E-state index in [9.17, 15) is 5.11 Å². The number of phenols is 1. The van der Waals surface area contributed by atoms with Crippen LogP contribution in [0.2, 0.25) is 0 Å². The molecule has 0 amide bonds. The van der Waals surface area contributed by atoms with Gasteiger partial charge in [-0.3, -0.25) is 9.55 Å². The van der Waals surface area contributed by atoms with Crippen LogP contribution in [0.25, 0.3) is 72.7 Å². The summed E-state index contributed by atoms with van der Waals surface area (Å²) in [6.45, 7) is 12.7. The molecule has 2 aromatic heterocycles. The van der Waals surface area contributed by atoms with Crippen molar-refractivity contribution in [2.45, 2.75) is 66.1 Å². The van der Waals surface area contributed by atoms with Crippen molar-refractivity contribution < 1.29 is 9.22 Å². The summed E-state index contributed by atoms with van der Waals surface area (Å²) >= 11 is 0. The molecule has 0 bridgehead atoms. The fourth-order valence-corrected chi connectivity index (χ4v) is 7.62. The lowest BCUT2D eigenvalue weighted by molar-refractivity contribution is 0.448. The number of benzene rings is 6. The molecule has 278 valence electrons. The number of fused-ring (bicyclic) bond motifs is 1. The van der Waals surface area contributed by atoms with Crippen LogP contribution in [0.3, 0.4) is 0 Å². The second-order valence-electron chi connectivity index (χ2n) is 16.8. The molecule has 0 aliphatic carbocycles. The van der Waals surface area contributed by atoms with Gasteiger partial charge < -0.3 is 5.11 Å². The molecule has 1 N–H and O–H groups in total. The predicted molar refractivity (Wildman–Crippen MR) is 235 cm³/mol. The van der Waals surface area contributed by atoms with Crippen molar-refractivity contribution in [1.82, 2.24) is 14.5 Å². The number of aryl methyl sites for hydroxylation is 2. The molecular formula is C52H49N3O. The smallest absolute Gasteiger partial charge is 0.149 e. The Morgan fingerprint density at radius 2 is 1.27 bits per heavy atom. The highest BCUT2D eigenvalue weighted by Crippen LogP contribution is 2.44. The van der Waals surface area contributed by atoms with Crippen molar-refractivity contribution in [3.05, 3.63) is 168 Å². The van der Waals surface area contributed by atoms with E-state index in [1.165, 1.54) is 0 Å². The summed E-state index contributed by atoms with van der Waals surface area (Å²) < 4.78 is 27.0. The van der Waals surface area contributed by atoms with Crippen LogP contribution in [-0.2, 0) is 10.8 Å². The summed E-state index contributed by atoms with van der Waals surface area (Å²) in [6, 6.07) is 46.6. The Labute approximate surface area is 335 Å². The van der Waals surface area contributed by atoms with Crippen molar-refractivity contribution in [3.8, 4) is 67.5 Å². The van der Waals surface area contributed by atoms with Crippen molar-refractivity contribution in [3.63, 3.8) is 0 Å². The molecule has 6 aromatic carbocycles. The van der Waals surface area contributed by atoms with Gasteiger partial charge in [-0.2, -0.15) is 0 Å². The summed E-state index contributed by atoms with van der Waals surface area (Å²) in [6.07, 6.45) is 1.87. The van der Waals surface area contributed by atoms with E-state index in [-0.39, 0.29) is 22.1 Å².